The van der Waals surface area contributed by atoms with E-state index in [4.69, 9.17) is 11.6 Å². The molecule has 3 rings (SSSR count). The summed E-state index contributed by atoms with van der Waals surface area (Å²) in [6.45, 7) is 8.51. The molecule has 0 spiro atoms. The van der Waals surface area contributed by atoms with Crippen molar-refractivity contribution in [3.63, 3.8) is 0 Å². The first-order chi connectivity index (χ1) is 14.2. The van der Waals surface area contributed by atoms with Crippen molar-refractivity contribution in [3.05, 3.63) is 52.8 Å². The molecule has 0 atom stereocenters. The highest BCUT2D eigenvalue weighted by molar-refractivity contribution is 7.98. The fourth-order valence-electron chi connectivity index (χ4n) is 3.33. The predicted molar refractivity (Wildman–Crippen MR) is 121 cm³/mol. The van der Waals surface area contributed by atoms with Crippen LogP contribution in [0.4, 0.5) is 4.39 Å². The van der Waals surface area contributed by atoms with Crippen LogP contribution in [0.15, 0.2) is 46.5 Å². The van der Waals surface area contributed by atoms with Gasteiger partial charge in [-0.1, -0.05) is 49.3 Å². The van der Waals surface area contributed by atoms with Gasteiger partial charge < -0.3 is 4.57 Å². The van der Waals surface area contributed by atoms with Crippen LogP contribution in [0.3, 0.4) is 0 Å². The van der Waals surface area contributed by atoms with Crippen molar-refractivity contribution in [2.24, 2.45) is 0 Å². The van der Waals surface area contributed by atoms with Crippen LogP contribution >= 0.6 is 23.4 Å². The summed E-state index contributed by atoms with van der Waals surface area (Å²) in [5.74, 6) is -0.0565. The third kappa shape index (κ3) is 4.37. The molecule has 2 aromatic carbocycles. The van der Waals surface area contributed by atoms with Gasteiger partial charge in [0.1, 0.15) is 5.82 Å². The topological polar surface area (TPSA) is 55.2 Å². The third-order valence-electron chi connectivity index (χ3n) is 4.88. The van der Waals surface area contributed by atoms with Crippen molar-refractivity contribution >= 4 is 44.4 Å². The maximum atomic E-state index is 14.3. The Morgan fingerprint density at radius 2 is 1.90 bits per heavy atom. The van der Waals surface area contributed by atoms with Crippen LogP contribution in [0, 0.1) is 5.82 Å². The second kappa shape index (κ2) is 9.26. The Bertz CT molecular complexity index is 1160. The molecule has 0 fully saturated rings. The van der Waals surface area contributed by atoms with E-state index in [0.717, 1.165) is 5.52 Å². The summed E-state index contributed by atoms with van der Waals surface area (Å²) in [7, 11) is -3.57. The van der Waals surface area contributed by atoms with Gasteiger partial charge in [-0.05, 0) is 43.7 Å². The predicted octanol–water partition coefficient (Wildman–Crippen LogP) is 5.73. The van der Waals surface area contributed by atoms with Gasteiger partial charge in [-0.25, -0.2) is 17.8 Å². The smallest absolute Gasteiger partial charge is 0.243 e. The molecule has 1 heterocycles. The summed E-state index contributed by atoms with van der Waals surface area (Å²) in [5.41, 5.74) is 1.95. The van der Waals surface area contributed by atoms with Crippen molar-refractivity contribution in [2.75, 3.05) is 13.1 Å². The van der Waals surface area contributed by atoms with E-state index in [1.165, 1.54) is 22.1 Å². The highest BCUT2D eigenvalue weighted by atomic mass is 35.5. The first-order valence-corrected chi connectivity index (χ1v) is 12.6. The Labute approximate surface area is 186 Å². The number of rotatable bonds is 8. The first-order valence-electron chi connectivity index (χ1n) is 9.78. The number of benzene rings is 2. The summed E-state index contributed by atoms with van der Waals surface area (Å²) in [6.07, 6.45) is 0. The Hall–Kier alpha value is -1.61. The lowest BCUT2D eigenvalue weighted by Crippen LogP contribution is -2.30. The number of halogens is 2. The molecular weight excluding hydrogens is 445 g/mol. The molecule has 0 saturated heterocycles. The van der Waals surface area contributed by atoms with Gasteiger partial charge in [0.25, 0.3) is 0 Å². The van der Waals surface area contributed by atoms with Crippen LogP contribution in [0.2, 0.25) is 5.02 Å². The van der Waals surface area contributed by atoms with Gasteiger partial charge in [0.2, 0.25) is 10.0 Å². The summed E-state index contributed by atoms with van der Waals surface area (Å²) in [6, 6.07) is 10.1. The number of hydrogen-bond acceptors (Lipinski definition) is 4. The Kier molecular flexibility index (Phi) is 7.12. The quantitative estimate of drug-likeness (QED) is 0.395. The number of hydrogen-bond donors (Lipinski definition) is 0. The fraction of sp³-hybridized carbons (Fsp3) is 0.381. The number of nitrogens with zero attached hydrogens (tertiary/aromatic N) is 3. The average molecular weight is 470 g/mol. The van der Waals surface area contributed by atoms with Crippen molar-refractivity contribution in [3.8, 4) is 0 Å². The van der Waals surface area contributed by atoms with Gasteiger partial charge in [0.15, 0.2) is 5.16 Å². The highest BCUT2D eigenvalue weighted by Crippen LogP contribution is 2.32. The molecule has 1 aromatic heterocycles. The van der Waals surface area contributed by atoms with Gasteiger partial charge in [0.05, 0.1) is 21.0 Å². The van der Waals surface area contributed by atoms with Crippen molar-refractivity contribution in [2.45, 2.75) is 49.5 Å². The highest BCUT2D eigenvalue weighted by Gasteiger charge is 2.23. The maximum absolute atomic E-state index is 14.3. The van der Waals surface area contributed by atoms with Crippen molar-refractivity contribution in [1.29, 1.82) is 0 Å². The number of thioether (sulfide) groups is 1. The Balaban J connectivity index is 2.01. The second-order valence-electron chi connectivity index (χ2n) is 7.10. The zero-order chi connectivity index (χ0) is 22.1. The summed E-state index contributed by atoms with van der Waals surface area (Å²) < 4.78 is 43.5. The Morgan fingerprint density at radius 1 is 1.20 bits per heavy atom. The number of fused-ring (bicyclic) bond motifs is 1. The van der Waals surface area contributed by atoms with E-state index in [1.54, 1.807) is 30.3 Å². The third-order valence-corrected chi connectivity index (χ3v) is 8.22. The fourth-order valence-corrected chi connectivity index (χ4v) is 6.12. The average Bonchev–Trinajstić information content (AvgIpc) is 3.07. The molecule has 0 unspecified atom stereocenters. The van der Waals surface area contributed by atoms with Crippen LogP contribution in [-0.2, 0) is 15.8 Å². The molecule has 0 bridgehead atoms. The molecule has 0 aliphatic carbocycles. The lowest BCUT2D eigenvalue weighted by molar-refractivity contribution is 0.445. The van der Waals surface area contributed by atoms with Gasteiger partial charge in [-0.15, -0.1) is 0 Å². The molecule has 0 saturated carbocycles. The normalized spacial score (nSPS) is 12.4. The maximum Gasteiger partial charge on any atom is 0.243 e. The monoisotopic (exact) mass is 469 g/mol. The molecule has 30 heavy (non-hydrogen) atoms. The molecule has 0 aliphatic heterocycles. The largest absolute Gasteiger partial charge is 0.316 e. The lowest BCUT2D eigenvalue weighted by Gasteiger charge is -2.18. The van der Waals surface area contributed by atoms with Crippen LogP contribution < -0.4 is 0 Å². The first kappa shape index (κ1) is 23.1. The number of imidazole rings is 1. The van der Waals surface area contributed by atoms with E-state index in [-0.39, 0.29) is 16.0 Å². The minimum Gasteiger partial charge on any atom is -0.316 e. The molecule has 0 radical (unpaired) electrons. The number of aromatic nitrogens is 2. The van der Waals surface area contributed by atoms with Crippen molar-refractivity contribution < 1.29 is 12.8 Å². The van der Waals surface area contributed by atoms with E-state index in [2.05, 4.69) is 4.98 Å². The molecule has 162 valence electrons. The molecular formula is C21H25ClFN3O2S2. The summed E-state index contributed by atoms with van der Waals surface area (Å²) >= 11 is 7.28. The van der Waals surface area contributed by atoms with Crippen LogP contribution in [0.1, 0.15) is 39.3 Å². The molecule has 5 nitrogen and oxygen atoms in total. The molecule has 9 heteroatoms. The van der Waals surface area contributed by atoms with E-state index in [1.807, 2.05) is 32.3 Å². The van der Waals surface area contributed by atoms with Crippen LogP contribution in [0.25, 0.3) is 11.0 Å². The van der Waals surface area contributed by atoms with E-state index in [0.29, 0.717) is 35.1 Å². The zero-order valence-electron chi connectivity index (χ0n) is 17.4. The zero-order valence-corrected chi connectivity index (χ0v) is 19.8. The molecule has 0 N–H and O–H groups in total. The minimum atomic E-state index is -3.57. The van der Waals surface area contributed by atoms with Crippen LogP contribution in [0.5, 0.6) is 0 Å². The SMILES string of the molecule is CCN(CC)S(=O)(=O)c1ccc2c(c1)nc(SCc1cccc(Cl)c1F)n2C(C)C. The Morgan fingerprint density at radius 3 is 2.53 bits per heavy atom. The summed E-state index contributed by atoms with van der Waals surface area (Å²) in [4.78, 5) is 4.90. The van der Waals surface area contributed by atoms with Gasteiger partial charge in [-0.3, -0.25) is 0 Å². The van der Waals surface area contributed by atoms with Crippen molar-refractivity contribution in [1.82, 2.24) is 13.9 Å². The lowest BCUT2D eigenvalue weighted by atomic mass is 10.2. The van der Waals surface area contributed by atoms with Crippen LogP contribution in [-0.4, -0.2) is 35.4 Å². The van der Waals surface area contributed by atoms with E-state index >= 15 is 0 Å². The molecule has 0 aliphatic rings. The molecule has 0 amide bonds. The standard InChI is InChI=1S/C21H25ClFN3O2S2/c1-5-25(6-2)30(27,28)16-10-11-19-18(12-16)24-21(26(19)14(3)4)29-13-15-8-7-9-17(22)20(15)23/h7-12,14H,5-6,13H2,1-4H3. The second-order valence-corrected chi connectivity index (χ2v) is 10.4. The number of sulfonamides is 1. The van der Waals surface area contributed by atoms with E-state index in [9.17, 15) is 12.8 Å². The van der Waals surface area contributed by atoms with Gasteiger partial charge in [0, 0.05) is 24.9 Å². The summed E-state index contributed by atoms with van der Waals surface area (Å²) in [5, 5.41) is 0.800. The molecule has 3 aromatic rings. The van der Waals surface area contributed by atoms with Gasteiger partial charge >= 0.3 is 0 Å². The van der Waals surface area contributed by atoms with E-state index < -0.39 is 15.8 Å². The minimum absolute atomic E-state index is 0.0942. The van der Waals surface area contributed by atoms with Gasteiger partial charge in [-0.2, -0.15) is 4.31 Å².